The summed E-state index contributed by atoms with van der Waals surface area (Å²) in [4.78, 5) is 21.0. The van der Waals surface area contributed by atoms with Gasteiger partial charge in [0.25, 0.3) is 0 Å². The van der Waals surface area contributed by atoms with E-state index >= 15 is 0 Å². The van der Waals surface area contributed by atoms with E-state index in [9.17, 15) is 4.79 Å². The number of hydrogen-bond acceptors (Lipinski definition) is 6. The van der Waals surface area contributed by atoms with Crippen LogP contribution in [0, 0.1) is 0 Å². The number of hydrogen-bond donors (Lipinski definition) is 3. The van der Waals surface area contributed by atoms with Gasteiger partial charge in [-0.05, 0) is 69.9 Å². The van der Waals surface area contributed by atoms with Crippen LogP contribution in [0.2, 0.25) is 0 Å². The largest absolute Gasteiger partial charge is 0.370 e. The quantitative estimate of drug-likeness (QED) is 0.361. The van der Waals surface area contributed by atoms with Gasteiger partial charge in [-0.2, -0.15) is 10.2 Å². The molecule has 1 aliphatic heterocycles. The Hall–Kier alpha value is -3.56. The van der Waals surface area contributed by atoms with Crippen molar-refractivity contribution in [1.82, 2.24) is 35.2 Å². The van der Waals surface area contributed by atoms with E-state index in [0.29, 0.717) is 18.8 Å². The molecule has 1 fully saturated rings. The maximum absolute atomic E-state index is 11.9. The van der Waals surface area contributed by atoms with Crippen LogP contribution in [-0.2, 0) is 11.3 Å². The Bertz CT molecular complexity index is 1320. The molecule has 0 saturated carbocycles. The number of carbonyl (C=O) groups excluding carboxylic acids is 1. The van der Waals surface area contributed by atoms with Crippen molar-refractivity contribution < 1.29 is 4.79 Å². The van der Waals surface area contributed by atoms with Crippen LogP contribution in [0.4, 0.5) is 0 Å². The van der Waals surface area contributed by atoms with E-state index in [1.54, 1.807) is 0 Å². The lowest BCUT2D eigenvalue weighted by molar-refractivity contribution is -0.119. The molecular weight excluding hydrogens is 440 g/mol. The molecule has 1 saturated heterocycles. The van der Waals surface area contributed by atoms with Gasteiger partial charge < -0.3 is 10.6 Å². The Morgan fingerprint density at radius 3 is 2.66 bits per heavy atom. The van der Waals surface area contributed by atoms with Gasteiger partial charge in [-0.1, -0.05) is 24.6 Å². The summed E-state index contributed by atoms with van der Waals surface area (Å²) in [6, 6.07) is 14.4. The van der Waals surface area contributed by atoms with Crippen molar-refractivity contribution in [3.63, 3.8) is 0 Å². The summed E-state index contributed by atoms with van der Waals surface area (Å²) >= 11 is 0. The number of carbonyl (C=O) groups is 1. The zero-order chi connectivity index (χ0) is 24.4. The van der Waals surface area contributed by atoms with Crippen molar-refractivity contribution in [3.8, 4) is 22.6 Å². The number of amides is 1. The molecule has 9 heteroatoms. The van der Waals surface area contributed by atoms with E-state index in [0.717, 1.165) is 65.0 Å². The van der Waals surface area contributed by atoms with Gasteiger partial charge >= 0.3 is 0 Å². The van der Waals surface area contributed by atoms with Gasteiger partial charge in [0.2, 0.25) is 5.91 Å². The third kappa shape index (κ3) is 5.11. The predicted molar refractivity (Wildman–Crippen MR) is 136 cm³/mol. The molecule has 4 aromatic rings. The third-order valence-corrected chi connectivity index (χ3v) is 6.59. The molecule has 0 spiro atoms. The van der Waals surface area contributed by atoms with Crippen molar-refractivity contribution >= 4 is 16.8 Å². The monoisotopic (exact) mass is 472 g/mol. The minimum absolute atomic E-state index is 0.0168. The molecular formula is C26H32N8O. The fourth-order valence-corrected chi connectivity index (χ4v) is 4.94. The smallest absolute Gasteiger partial charge is 0.219 e. The molecule has 3 heterocycles. The normalized spacial score (nSPS) is 15.6. The third-order valence-electron chi connectivity index (χ3n) is 6.59. The van der Waals surface area contributed by atoms with E-state index in [2.05, 4.69) is 54.5 Å². The first-order valence-electron chi connectivity index (χ1n) is 12.1. The lowest BCUT2D eigenvalue weighted by Crippen LogP contribution is -2.36. The van der Waals surface area contributed by atoms with Crippen LogP contribution in [0.3, 0.4) is 0 Å². The van der Waals surface area contributed by atoms with Crippen LogP contribution in [-0.4, -0.2) is 68.3 Å². The van der Waals surface area contributed by atoms with Crippen LogP contribution in [0.15, 0.2) is 42.5 Å². The summed E-state index contributed by atoms with van der Waals surface area (Å²) in [6.45, 7) is 2.68. The van der Waals surface area contributed by atoms with Gasteiger partial charge in [0.1, 0.15) is 5.82 Å². The van der Waals surface area contributed by atoms with E-state index in [1.807, 2.05) is 37.2 Å². The number of aromatic amines is 2. The first kappa shape index (κ1) is 23.2. The highest BCUT2D eigenvalue weighted by atomic mass is 16.1. The topological polar surface area (TPSA) is 120 Å². The summed E-state index contributed by atoms with van der Waals surface area (Å²) in [5.74, 6) is 1.21. The highest BCUT2D eigenvalue weighted by Crippen LogP contribution is 2.33. The molecule has 5 rings (SSSR count). The van der Waals surface area contributed by atoms with Crippen molar-refractivity contribution in [2.45, 2.75) is 38.3 Å². The minimum atomic E-state index is -0.277. The molecule has 0 bridgehead atoms. The van der Waals surface area contributed by atoms with Crippen LogP contribution in [0.1, 0.15) is 43.1 Å². The van der Waals surface area contributed by atoms with Crippen LogP contribution in [0.25, 0.3) is 33.5 Å². The van der Waals surface area contributed by atoms with E-state index < -0.39 is 0 Å². The number of aromatic nitrogens is 5. The summed E-state index contributed by atoms with van der Waals surface area (Å²) in [5, 5.41) is 16.2. The number of piperidine rings is 1. The number of nitrogens with zero attached hydrogens (tertiary/aromatic N) is 5. The Morgan fingerprint density at radius 1 is 1.06 bits per heavy atom. The highest BCUT2D eigenvalue weighted by molar-refractivity contribution is 5.95. The summed E-state index contributed by atoms with van der Waals surface area (Å²) in [6.07, 6.45) is 3.86. The molecule has 1 unspecified atom stereocenters. The number of benzene rings is 2. The molecule has 0 aliphatic carbocycles. The fourth-order valence-electron chi connectivity index (χ4n) is 4.94. The Labute approximate surface area is 204 Å². The minimum Gasteiger partial charge on any atom is -0.370 e. The van der Waals surface area contributed by atoms with Crippen LogP contribution in [0.5, 0.6) is 0 Å². The van der Waals surface area contributed by atoms with Gasteiger partial charge in [0.05, 0.1) is 17.8 Å². The van der Waals surface area contributed by atoms with Crippen LogP contribution < -0.4 is 5.73 Å². The van der Waals surface area contributed by atoms with Crippen molar-refractivity contribution in [3.05, 3.63) is 53.9 Å². The van der Waals surface area contributed by atoms with Crippen molar-refractivity contribution in [1.29, 1.82) is 0 Å². The molecule has 4 N–H and O–H groups in total. The molecule has 1 amide bonds. The first-order chi connectivity index (χ1) is 17.0. The lowest BCUT2D eigenvalue weighted by Gasteiger charge is -2.34. The number of rotatable bonds is 8. The Morgan fingerprint density at radius 2 is 1.89 bits per heavy atom. The molecule has 2 aromatic heterocycles. The van der Waals surface area contributed by atoms with E-state index in [-0.39, 0.29) is 11.9 Å². The number of fused-ring (bicyclic) bond motifs is 1. The number of nitrogens with one attached hydrogen (secondary N) is 2. The number of nitrogens with two attached hydrogens (primary N) is 1. The first-order valence-corrected chi connectivity index (χ1v) is 12.1. The molecule has 182 valence electrons. The van der Waals surface area contributed by atoms with Crippen LogP contribution >= 0.6 is 0 Å². The van der Waals surface area contributed by atoms with Crippen molar-refractivity contribution in [2.75, 3.05) is 27.2 Å². The number of likely N-dealkylation sites (tertiary alicyclic amines) is 1. The zero-order valence-corrected chi connectivity index (χ0v) is 20.3. The Balaban J connectivity index is 1.49. The predicted octanol–water partition coefficient (Wildman–Crippen LogP) is 3.48. The maximum Gasteiger partial charge on any atom is 0.219 e. The summed E-state index contributed by atoms with van der Waals surface area (Å²) in [5.41, 5.74) is 10.5. The number of H-pyrrole nitrogens is 2. The number of primary amides is 1. The molecule has 35 heavy (non-hydrogen) atoms. The Kier molecular flexibility index (Phi) is 6.61. The SMILES string of the molecule is CN(C)Cc1nc(-c2ccc3[nH]nc(-c4cccc(C(CC(N)=O)N5CCCCC5)c4)c3c2)n[nH]1. The second kappa shape index (κ2) is 9.97. The lowest BCUT2D eigenvalue weighted by atomic mass is 9.95. The highest BCUT2D eigenvalue weighted by Gasteiger charge is 2.24. The second-order valence-corrected chi connectivity index (χ2v) is 9.58. The van der Waals surface area contributed by atoms with E-state index in [4.69, 9.17) is 5.73 Å². The van der Waals surface area contributed by atoms with Crippen molar-refractivity contribution in [2.24, 2.45) is 5.73 Å². The maximum atomic E-state index is 11.9. The van der Waals surface area contributed by atoms with Gasteiger partial charge in [0.15, 0.2) is 5.82 Å². The molecule has 1 aliphatic rings. The standard InChI is InChI=1S/C26H32N8O/c1-33(2)16-24-28-26(32-30-24)19-9-10-21-20(14-19)25(31-29-21)18-8-6-7-17(13-18)22(15-23(27)35)34-11-4-3-5-12-34/h6-10,13-14,22H,3-5,11-12,15-16H2,1-2H3,(H2,27,35)(H,29,31)(H,28,30,32). The van der Waals surface area contributed by atoms with E-state index in [1.165, 1.54) is 6.42 Å². The zero-order valence-electron chi connectivity index (χ0n) is 20.3. The molecule has 9 nitrogen and oxygen atoms in total. The molecule has 1 atom stereocenters. The fraction of sp³-hybridized carbons (Fsp3) is 0.385. The summed E-state index contributed by atoms with van der Waals surface area (Å²) < 4.78 is 0. The molecule has 0 radical (unpaired) electrons. The van der Waals surface area contributed by atoms with Gasteiger partial charge in [-0.25, -0.2) is 4.98 Å². The van der Waals surface area contributed by atoms with Gasteiger partial charge in [0, 0.05) is 29.0 Å². The average Bonchev–Trinajstić information content (AvgIpc) is 3.49. The molecule has 2 aromatic carbocycles. The average molecular weight is 473 g/mol. The second-order valence-electron chi connectivity index (χ2n) is 9.58. The van der Waals surface area contributed by atoms with Gasteiger partial charge in [-0.3, -0.25) is 19.9 Å². The summed E-state index contributed by atoms with van der Waals surface area (Å²) in [7, 11) is 4.00. The van der Waals surface area contributed by atoms with Gasteiger partial charge in [-0.15, -0.1) is 0 Å².